The van der Waals surface area contributed by atoms with E-state index in [4.69, 9.17) is 4.74 Å². The normalized spacial score (nSPS) is 12.1. The molecule has 94 valence electrons. The highest BCUT2D eigenvalue weighted by atomic mass is 79.9. The molecule has 0 aromatic heterocycles. The summed E-state index contributed by atoms with van der Waals surface area (Å²) in [6.07, 6.45) is 0. The van der Waals surface area contributed by atoms with Gasteiger partial charge in [0.05, 0.1) is 11.6 Å². The molecule has 0 aliphatic heterocycles. The fraction of sp³-hybridized carbons (Fsp3) is 0.417. The zero-order valence-corrected chi connectivity index (χ0v) is 13.2. The van der Waals surface area contributed by atoms with Crippen molar-refractivity contribution < 1.29 is 9.53 Å². The molecule has 0 aliphatic carbocycles. The van der Waals surface area contributed by atoms with Gasteiger partial charge in [-0.25, -0.2) is 0 Å². The lowest BCUT2D eigenvalue weighted by Gasteiger charge is -2.23. The molecule has 0 heterocycles. The van der Waals surface area contributed by atoms with Crippen molar-refractivity contribution in [1.82, 2.24) is 4.90 Å². The van der Waals surface area contributed by atoms with Gasteiger partial charge in [0.15, 0.2) is 0 Å². The minimum Gasteiger partial charge on any atom is -0.496 e. The molecule has 0 spiro atoms. The monoisotopic (exact) mass is 363 g/mol. The average Bonchev–Trinajstić information content (AvgIpc) is 2.35. The second kappa shape index (κ2) is 6.40. The molecule has 1 rings (SSSR count). The van der Waals surface area contributed by atoms with Crippen molar-refractivity contribution in [3.8, 4) is 5.75 Å². The zero-order chi connectivity index (χ0) is 13.0. The number of methoxy groups -OCH3 is 1. The Labute approximate surface area is 118 Å². The lowest BCUT2D eigenvalue weighted by Crippen LogP contribution is -2.36. The van der Waals surface area contributed by atoms with Gasteiger partial charge in [0, 0.05) is 24.0 Å². The zero-order valence-electron chi connectivity index (χ0n) is 10.0. The quantitative estimate of drug-likeness (QED) is 0.767. The number of amides is 1. The van der Waals surface area contributed by atoms with Gasteiger partial charge in [0.2, 0.25) is 0 Å². The van der Waals surface area contributed by atoms with Gasteiger partial charge in [0.1, 0.15) is 5.75 Å². The Balaban J connectivity index is 2.93. The van der Waals surface area contributed by atoms with E-state index in [0.717, 1.165) is 15.6 Å². The fourth-order valence-corrected chi connectivity index (χ4v) is 2.28. The van der Waals surface area contributed by atoms with Crippen LogP contribution < -0.4 is 4.74 Å². The van der Waals surface area contributed by atoms with Gasteiger partial charge < -0.3 is 9.64 Å². The van der Waals surface area contributed by atoms with Crippen molar-refractivity contribution in [1.29, 1.82) is 0 Å². The minimum absolute atomic E-state index is 0.000281. The van der Waals surface area contributed by atoms with E-state index in [1.54, 1.807) is 37.3 Å². The number of carbonyl (C=O) groups excluding carboxylic acids is 1. The molecule has 0 bridgehead atoms. The van der Waals surface area contributed by atoms with Crippen LogP contribution in [-0.4, -0.2) is 36.3 Å². The Kier molecular flexibility index (Phi) is 5.46. The first-order valence-electron chi connectivity index (χ1n) is 5.18. The summed E-state index contributed by atoms with van der Waals surface area (Å²) in [6.45, 7) is 1.99. The van der Waals surface area contributed by atoms with Crippen LogP contribution in [0.2, 0.25) is 0 Å². The Bertz CT molecular complexity index is 409. The van der Waals surface area contributed by atoms with Gasteiger partial charge in [-0.05, 0) is 41.1 Å². The van der Waals surface area contributed by atoms with Crippen LogP contribution >= 0.6 is 31.9 Å². The molecule has 0 saturated heterocycles. The largest absolute Gasteiger partial charge is 0.496 e. The summed E-state index contributed by atoms with van der Waals surface area (Å²) < 4.78 is 5.91. The second-order valence-corrected chi connectivity index (χ2v) is 5.27. The van der Waals surface area contributed by atoms with E-state index in [0.29, 0.717) is 5.56 Å². The molecule has 0 radical (unpaired) electrons. The van der Waals surface area contributed by atoms with Crippen molar-refractivity contribution >= 4 is 37.8 Å². The standard InChI is InChI=1S/C12H15Br2NO2/c1-8(7-13)15(2)12(16)9-4-5-11(17-3)10(14)6-9/h4-6,8H,7H2,1-3H3. The maximum Gasteiger partial charge on any atom is 0.253 e. The van der Waals surface area contributed by atoms with E-state index >= 15 is 0 Å². The number of nitrogens with zero attached hydrogens (tertiary/aromatic N) is 1. The summed E-state index contributed by atoms with van der Waals surface area (Å²) in [4.78, 5) is 13.9. The summed E-state index contributed by atoms with van der Waals surface area (Å²) in [7, 11) is 3.40. The lowest BCUT2D eigenvalue weighted by atomic mass is 10.2. The predicted octanol–water partition coefficient (Wildman–Crippen LogP) is 3.31. The van der Waals surface area contributed by atoms with Crippen molar-refractivity contribution in [2.45, 2.75) is 13.0 Å². The van der Waals surface area contributed by atoms with Crippen LogP contribution in [0.1, 0.15) is 17.3 Å². The van der Waals surface area contributed by atoms with Crippen molar-refractivity contribution in [2.24, 2.45) is 0 Å². The molecule has 0 aliphatic rings. The Morgan fingerprint density at radius 3 is 2.65 bits per heavy atom. The fourth-order valence-electron chi connectivity index (χ4n) is 1.31. The minimum atomic E-state index is 0.000281. The summed E-state index contributed by atoms with van der Waals surface area (Å²) in [5, 5.41) is 0.757. The Morgan fingerprint density at radius 1 is 1.53 bits per heavy atom. The van der Waals surface area contributed by atoms with Gasteiger partial charge in [0.25, 0.3) is 5.91 Å². The number of halogens is 2. The van der Waals surface area contributed by atoms with Crippen LogP contribution in [0, 0.1) is 0 Å². The third-order valence-corrected chi connectivity index (χ3v) is 4.16. The van der Waals surface area contributed by atoms with Crippen LogP contribution in [0.25, 0.3) is 0 Å². The summed E-state index contributed by atoms with van der Waals surface area (Å²) >= 11 is 6.74. The highest BCUT2D eigenvalue weighted by molar-refractivity contribution is 9.10. The van der Waals surface area contributed by atoms with Gasteiger partial charge in [-0.15, -0.1) is 0 Å². The number of hydrogen-bond acceptors (Lipinski definition) is 2. The first-order chi connectivity index (χ1) is 8.01. The van der Waals surface area contributed by atoms with E-state index in [1.807, 2.05) is 6.92 Å². The molecule has 1 aromatic rings. The van der Waals surface area contributed by atoms with Gasteiger partial charge in [-0.3, -0.25) is 4.79 Å². The number of rotatable bonds is 4. The number of ether oxygens (including phenoxy) is 1. The van der Waals surface area contributed by atoms with Crippen LogP contribution in [0.5, 0.6) is 5.75 Å². The topological polar surface area (TPSA) is 29.5 Å². The number of carbonyl (C=O) groups is 1. The Morgan fingerprint density at radius 2 is 2.18 bits per heavy atom. The first-order valence-corrected chi connectivity index (χ1v) is 7.09. The van der Waals surface area contributed by atoms with Crippen LogP contribution in [0.4, 0.5) is 0 Å². The average molecular weight is 365 g/mol. The van der Waals surface area contributed by atoms with E-state index in [1.165, 1.54) is 0 Å². The van der Waals surface area contributed by atoms with Gasteiger partial charge in [-0.1, -0.05) is 15.9 Å². The summed E-state index contributed by atoms with van der Waals surface area (Å²) in [5.41, 5.74) is 0.646. The number of hydrogen-bond donors (Lipinski definition) is 0. The molecule has 3 nitrogen and oxygen atoms in total. The van der Waals surface area contributed by atoms with Crippen molar-refractivity contribution in [2.75, 3.05) is 19.5 Å². The predicted molar refractivity (Wildman–Crippen MR) is 76.0 cm³/mol. The highest BCUT2D eigenvalue weighted by Crippen LogP contribution is 2.26. The number of alkyl halides is 1. The van der Waals surface area contributed by atoms with E-state index in [-0.39, 0.29) is 11.9 Å². The molecular formula is C12H15Br2NO2. The maximum atomic E-state index is 12.1. The second-order valence-electron chi connectivity index (χ2n) is 3.77. The summed E-state index contributed by atoms with van der Waals surface area (Å²) in [5.74, 6) is 0.720. The third kappa shape index (κ3) is 3.45. The molecule has 0 fully saturated rings. The molecule has 17 heavy (non-hydrogen) atoms. The molecule has 0 N–H and O–H groups in total. The van der Waals surface area contributed by atoms with E-state index < -0.39 is 0 Å². The molecular weight excluding hydrogens is 350 g/mol. The van der Waals surface area contributed by atoms with Crippen molar-refractivity contribution in [3.63, 3.8) is 0 Å². The van der Waals surface area contributed by atoms with Gasteiger partial charge >= 0.3 is 0 Å². The van der Waals surface area contributed by atoms with Crippen LogP contribution in [0.3, 0.4) is 0 Å². The molecule has 1 atom stereocenters. The molecule has 0 saturated carbocycles. The molecule has 1 unspecified atom stereocenters. The molecule has 1 amide bonds. The summed E-state index contributed by atoms with van der Waals surface area (Å²) in [6, 6.07) is 5.48. The lowest BCUT2D eigenvalue weighted by molar-refractivity contribution is 0.0758. The van der Waals surface area contributed by atoms with Gasteiger partial charge in [-0.2, -0.15) is 0 Å². The third-order valence-electron chi connectivity index (χ3n) is 2.60. The van der Waals surface area contributed by atoms with Crippen LogP contribution in [-0.2, 0) is 0 Å². The SMILES string of the molecule is COc1ccc(C(=O)N(C)C(C)CBr)cc1Br. The van der Waals surface area contributed by atoms with Crippen molar-refractivity contribution in [3.05, 3.63) is 28.2 Å². The highest BCUT2D eigenvalue weighted by Gasteiger charge is 2.17. The smallest absolute Gasteiger partial charge is 0.253 e. The molecule has 1 aromatic carbocycles. The van der Waals surface area contributed by atoms with Crippen LogP contribution in [0.15, 0.2) is 22.7 Å². The Hall–Kier alpha value is -0.550. The number of benzene rings is 1. The maximum absolute atomic E-state index is 12.1. The first kappa shape index (κ1) is 14.5. The van der Waals surface area contributed by atoms with E-state index in [2.05, 4.69) is 31.9 Å². The molecule has 5 heteroatoms. The van der Waals surface area contributed by atoms with E-state index in [9.17, 15) is 4.79 Å².